The number of hydrogen-bond donors (Lipinski definition) is 1. The molecule has 0 fully saturated rings. The molecule has 86 valence electrons. The molecule has 0 saturated heterocycles. The van der Waals surface area contributed by atoms with Gasteiger partial charge in [0, 0.05) is 17.3 Å². The van der Waals surface area contributed by atoms with Crippen LogP contribution in [0, 0.1) is 6.92 Å². The number of nitrogens with zero attached hydrogens (tertiary/aromatic N) is 2. The molecule has 0 radical (unpaired) electrons. The smallest absolute Gasteiger partial charge is 0.336 e. The van der Waals surface area contributed by atoms with Crippen molar-refractivity contribution < 1.29 is 9.90 Å². The summed E-state index contributed by atoms with van der Waals surface area (Å²) in [4.78, 5) is 19.8. The monoisotopic (exact) mass is 246 g/mol. The zero-order chi connectivity index (χ0) is 12.3. The van der Waals surface area contributed by atoms with Crippen molar-refractivity contribution in [2.75, 3.05) is 0 Å². The first kappa shape index (κ1) is 11.6. The van der Waals surface area contributed by atoms with Gasteiger partial charge in [-0.05, 0) is 24.6 Å². The minimum atomic E-state index is -0.934. The second-order valence-corrected chi connectivity index (χ2v) is 4.51. The summed E-state index contributed by atoms with van der Waals surface area (Å²) in [5.74, 6) is -0.934. The van der Waals surface area contributed by atoms with E-state index in [0.29, 0.717) is 9.92 Å². The molecule has 4 nitrogen and oxygen atoms in total. The molecule has 1 aromatic carbocycles. The lowest BCUT2D eigenvalue weighted by Gasteiger charge is -2.05. The summed E-state index contributed by atoms with van der Waals surface area (Å²) in [6.45, 7) is 1.92. The molecule has 1 heterocycles. The fraction of sp³-hybridized carbons (Fsp3) is 0.0833. The Morgan fingerprint density at radius 1 is 1.35 bits per heavy atom. The average Bonchev–Trinajstić information content (AvgIpc) is 2.30. The van der Waals surface area contributed by atoms with Crippen molar-refractivity contribution in [1.29, 1.82) is 0 Å². The number of aromatic carboxylic acids is 1. The van der Waals surface area contributed by atoms with Crippen molar-refractivity contribution in [3.63, 3.8) is 0 Å². The molecule has 2 aromatic rings. The normalized spacial score (nSPS) is 10.2. The third-order valence-corrected chi connectivity index (χ3v) is 3.10. The molecule has 0 bridgehead atoms. The second-order valence-electron chi connectivity index (χ2n) is 3.45. The highest BCUT2D eigenvalue weighted by Crippen LogP contribution is 2.29. The summed E-state index contributed by atoms with van der Waals surface area (Å²) < 4.78 is 0. The maximum absolute atomic E-state index is 11.1. The summed E-state index contributed by atoms with van der Waals surface area (Å²) in [7, 11) is 0. The van der Waals surface area contributed by atoms with Crippen molar-refractivity contribution >= 4 is 17.7 Å². The summed E-state index contributed by atoms with van der Waals surface area (Å²) in [6.07, 6.45) is 4.77. The molecule has 0 aliphatic carbocycles. The number of aromatic nitrogens is 2. The number of carboxylic acids is 1. The van der Waals surface area contributed by atoms with Gasteiger partial charge in [-0.3, -0.25) is 4.98 Å². The lowest BCUT2D eigenvalue weighted by atomic mass is 10.1. The Labute approximate surface area is 103 Å². The van der Waals surface area contributed by atoms with Gasteiger partial charge in [-0.15, -0.1) is 0 Å². The molecule has 0 atom stereocenters. The SMILES string of the molecule is Cc1ccc(C(=O)O)c(Sc2cnccn2)c1. The Bertz CT molecular complexity index is 543. The van der Waals surface area contributed by atoms with Crippen LogP contribution >= 0.6 is 11.8 Å². The Hall–Kier alpha value is -1.88. The van der Waals surface area contributed by atoms with Gasteiger partial charge < -0.3 is 5.11 Å². The van der Waals surface area contributed by atoms with E-state index in [2.05, 4.69) is 9.97 Å². The van der Waals surface area contributed by atoms with Crippen molar-refractivity contribution in [3.05, 3.63) is 47.9 Å². The first-order chi connectivity index (χ1) is 8.16. The van der Waals surface area contributed by atoms with E-state index in [-0.39, 0.29) is 5.56 Å². The van der Waals surface area contributed by atoms with E-state index < -0.39 is 5.97 Å². The second kappa shape index (κ2) is 4.97. The van der Waals surface area contributed by atoms with Crippen molar-refractivity contribution in [1.82, 2.24) is 9.97 Å². The van der Waals surface area contributed by atoms with E-state index in [1.54, 1.807) is 30.7 Å². The van der Waals surface area contributed by atoms with E-state index in [0.717, 1.165) is 5.56 Å². The van der Waals surface area contributed by atoms with Crippen molar-refractivity contribution in [3.8, 4) is 0 Å². The lowest BCUT2D eigenvalue weighted by Crippen LogP contribution is -1.99. The first-order valence-electron chi connectivity index (χ1n) is 4.94. The zero-order valence-corrected chi connectivity index (χ0v) is 9.94. The summed E-state index contributed by atoms with van der Waals surface area (Å²) in [6, 6.07) is 5.23. The van der Waals surface area contributed by atoms with Gasteiger partial charge in [0.1, 0.15) is 5.03 Å². The highest BCUT2D eigenvalue weighted by atomic mass is 32.2. The molecule has 0 aliphatic rings. The lowest BCUT2D eigenvalue weighted by molar-refractivity contribution is 0.0693. The van der Waals surface area contributed by atoms with Gasteiger partial charge in [0.2, 0.25) is 0 Å². The van der Waals surface area contributed by atoms with Gasteiger partial charge in [0.05, 0.1) is 11.8 Å². The summed E-state index contributed by atoms with van der Waals surface area (Å²) >= 11 is 1.30. The third kappa shape index (κ3) is 2.82. The van der Waals surface area contributed by atoms with Gasteiger partial charge in [-0.2, -0.15) is 0 Å². The maximum Gasteiger partial charge on any atom is 0.336 e. The molecule has 0 spiro atoms. The molecule has 1 aromatic heterocycles. The molecule has 5 heteroatoms. The molecule has 1 N–H and O–H groups in total. The number of carbonyl (C=O) groups is 1. The van der Waals surface area contributed by atoms with Crippen LogP contribution in [0.25, 0.3) is 0 Å². The van der Waals surface area contributed by atoms with E-state index >= 15 is 0 Å². The zero-order valence-electron chi connectivity index (χ0n) is 9.12. The van der Waals surface area contributed by atoms with Crippen LogP contribution < -0.4 is 0 Å². The minimum Gasteiger partial charge on any atom is -0.478 e. The van der Waals surface area contributed by atoms with Gasteiger partial charge in [-0.1, -0.05) is 17.8 Å². The Balaban J connectivity index is 2.37. The molecule has 0 saturated carbocycles. The van der Waals surface area contributed by atoms with Crippen LogP contribution in [0.5, 0.6) is 0 Å². The van der Waals surface area contributed by atoms with Crippen LogP contribution in [-0.2, 0) is 0 Å². The summed E-state index contributed by atoms with van der Waals surface area (Å²) in [5, 5.41) is 9.77. The topological polar surface area (TPSA) is 63.1 Å². The number of rotatable bonds is 3. The first-order valence-corrected chi connectivity index (χ1v) is 5.76. The van der Waals surface area contributed by atoms with Crippen LogP contribution in [-0.4, -0.2) is 21.0 Å². The Morgan fingerprint density at radius 2 is 2.18 bits per heavy atom. The number of hydrogen-bond acceptors (Lipinski definition) is 4. The average molecular weight is 246 g/mol. The number of benzene rings is 1. The van der Waals surface area contributed by atoms with Crippen molar-refractivity contribution in [2.24, 2.45) is 0 Å². The van der Waals surface area contributed by atoms with Crippen LogP contribution in [0.4, 0.5) is 0 Å². The standard InChI is InChI=1S/C12H10N2O2S/c1-8-2-3-9(12(15)16)10(6-8)17-11-7-13-4-5-14-11/h2-7H,1H3,(H,15,16). The maximum atomic E-state index is 11.1. The van der Waals surface area contributed by atoms with Gasteiger partial charge >= 0.3 is 5.97 Å². The molecule has 2 rings (SSSR count). The quantitative estimate of drug-likeness (QED) is 0.902. The van der Waals surface area contributed by atoms with E-state index in [1.165, 1.54) is 11.8 Å². The highest BCUT2D eigenvalue weighted by molar-refractivity contribution is 7.99. The Morgan fingerprint density at radius 3 is 2.82 bits per heavy atom. The fourth-order valence-electron chi connectivity index (χ4n) is 1.34. The summed E-state index contributed by atoms with van der Waals surface area (Å²) in [5.41, 5.74) is 1.30. The molecule has 17 heavy (non-hydrogen) atoms. The fourth-order valence-corrected chi connectivity index (χ4v) is 2.30. The van der Waals surface area contributed by atoms with Gasteiger partial charge in [0.25, 0.3) is 0 Å². The highest BCUT2D eigenvalue weighted by Gasteiger charge is 2.11. The van der Waals surface area contributed by atoms with Crippen molar-refractivity contribution in [2.45, 2.75) is 16.8 Å². The molecular formula is C12H10N2O2S. The van der Waals surface area contributed by atoms with Crippen LogP contribution in [0.3, 0.4) is 0 Å². The largest absolute Gasteiger partial charge is 0.478 e. The van der Waals surface area contributed by atoms with Crippen LogP contribution in [0.1, 0.15) is 15.9 Å². The van der Waals surface area contributed by atoms with E-state index in [9.17, 15) is 4.79 Å². The van der Waals surface area contributed by atoms with Gasteiger partial charge in [0.15, 0.2) is 0 Å². The molecule has 0 amide bonds. The predicted molar refractivity (Wildman–Crippen MR) is 64.3 cm³/mol. The predicted octanol–water partition coefficient (Wildman–Crippen LogP) is 2.63. The van der Waals surface area contributed by atoms with Crippen LogP contribution in [0.15, 0.2) is 46.7 Å². The number of aryl methyl sites for hydroxylation is 1. The van der Waals surface area contributed by atoms with E-state index in [4.69, 9.17) is 5.11 Å². The molecular weight excluding hydrogens is 236 g/mol. The molecule has 0 aliphatic heterocycles. The van der Waals surface area contributed by atoms with Crippen LogP contribution in [0.2, 0.25) is 0 Å². The third-order valence-electron chi connectivity index (χ3n) is 2.12. The number of carboxylic acid groups (broad SMARTS) is 1. The minimum absolute atomic E-state index is 0.284. The molecule has 0 unspecified atom stereocenters. The Kier molecular flexibility index (Phi) is 3.39. The van der Waals surface area contributed by atoms with Gasteiger partial charge in [-0.25, -0.2) is 9.78 Å². The van der Waals surface area contributed by atoms with E-state index in [1.807, 2.05) is 13.0 Å².